The minimum atomic E-state index is -0.996. The van der Waals surface area contributed by atoms with E-state index in [1.807, 2.05) is 6.92 Å². The molecule has 4 N–H and O–H groups in total. The first kappa shape index (κ1) is 12.9. The highest BCUT2D eigenvalue weighted by Gasteiger charge is 2.24. The molecule has 0 rings (SSSR count). The topological polar surface area (TPSA) is 92.4 Å². The zero-order valence-corrected chi connectivity index (χ0v) is 8.62. The van der Waals surface area contributed by atoms with Gasteiger partial charge in [-0.05, 0) is 5.92 Å². The van der Waals surface area contributed by atoms with Gasteiger partial charge in [0.2, 0.25) is 5.91 Å². The van der Waals surface area contributed by atoms with Crippen LogP contribution in [-0.2, 0) is 9.59 Å². The van der Waals surface area contributed by atoms with Gasteiger partial charge in [0.15, 0.2) is 0 Å². The molecule has 14 heavy (non-hydrogen) atoms. The molecule has 0 saturated carbocycles. The van der Waals surface area contributed by atoms with Crippen LogP contribution in [0.1, 0.15) is 26.7 Å². The molecule has 0 spiro atoms. The summed E-state index contributed by atoms with van der Waals surface area (Å²) in [6.45, 7) is 3.91. The minimum absolute atomic E-state index is 0.0748. The van der Waals surface area contributed by atoms with E-state index in [2.05, 4.69) is 5.32 Å². The Kier molecular flexibility index (Phi) is 5.87. The van der Waals surface area contributed by atoms with Crippen molar-refractivity contribution in [3.8, 4) is 0 Å². The average Bonchev–Trinajstić information content (AvgIpc) is 2.13. The van der Waals surface area contributed by atoms with Gasteiger partial charge in [0.1, 0.15) is 6.04 Å². The summed E-state index contributed by atoms with van der Waals surface area (Å²) in [5.41, 5.74) is 5.18. The molecule has 0 heterocycles. The molecule has 0 radical (unpaired) electrons. The highest BCUT2D eigenvalue weighted by molar-refractivity contribution is 5.83. The maximum Gasteiger partial charge on any atom is 0.326 e. The Hall–Kier alpha value is -1.10. The summed E-state index contributed by atoms with van der Waals surface area (Å²) in [5, 5.41) is 11.3. The van der Waals surface area contributed by atoms with E-state index in [-0.39, 0.29) is 24.8 Å². The van der Waals surface area contributed by atoms with Gasteiger partial charge in [0, 0.05) is 13.0 Å². The van der Waals surface area contributed by atoms with Gasteiger partial charge < -0.3 is 16.2 Å². The molecular weight excluding hydrogens is 184 g/mol. The molecule has 0 aliphatic rings. The fraction of sp³-hybridized carbons (Fsp3) is 0.778. The van der Waals surface area contributed by atoms with Crippen molar-refractivity contribution in [1.29, 1.82) is 0 Å². The quantitative estimate of drug-likeness (QED) is 0.563. The molecule has 0 aromatic heterocycles. The molecule has 0 aliphatic carbocycles. The molecule has 2 atom stereocenters. The summed E-state index contributed by atoms with van der Waals surface area (Å²) >= 11 is 0. The summed E-state index contributed by atoms with van der Waals surface area (Å²) in [4.78, 5) is 21.9. The molecule has 0 saturated heterocycles. The standard InChI is InChI=1S/C9H18N2O3/c1-3-6(2)8(9(13)14)11-7(12)4-5-10/h6,8H,3-5,10H2,1-2H3,(H,11,12)(H,13,14)/t6-,8+/m0/s1. The Bertz CT molecular complexity index is 206. The van der Waals surface area contributed by atoms with Crippen LogP contribution in [0.4, 0.5) is 0 Å². The number of hydrogen-bond acceptors (Lipinski definition) is 3. The average molecular weight is 202 g/mol. The van der Waals surface area contributed by atoms with Crippen molar-refractivity contribution in [3.05, 3.63) is 0 Å². The second kappa shape index (κ2) is 6.37. The van der Waals surface area contributed by atoms with E-state index in [1.54, 1.807) is 6.92 Å². The van der Waals surface area contributed by atoms with Gasteiger partial charge in [-0.1, -0.05) is 20.3 Å². The maximum atomic E-state index is 11.1. The lowest BCUT2D eigenvalue weighted by molar-refractivity contribution is -0.143. The summed E-state index contributed by atoms with van der Waals surface area (Å²) < 4.78 is 0. The second-order valence-electron chi connectivity index (χ2n) is 3.31. The first-order valence-corrected chi connectivity index (χ1v) is 4.75. The molecule has 0 aromatic rings. The summed E-state index contributed by atoms with van der Waals surface area (Å²) in [7, 11) is 0. The van der Waals surface area contributed by atoms with Crippen molar-refractivity contribution >= 4 is 11.9 Å². The van der Waals surface area contributed by atoms with Gasteiger partial charge in [-0.15, -0.1) is 0 Å². The first-order valence-electron chi connectivity index (χ1n) is 4.75. The van der Waals surface area contributed by atoms with Gasteiger partial charge in [0.05, 0.1) is 0 Å². The van der Waals surface area contributed by atoms with Gasteiger partial charge in [-0.25, -0.2) is 4.79 Å². The highest BCUT2D eigenvalue weighted by Crippen LogP contribution is 2.07. The van der Waals surface area contributed by atoms with E-state index in [0.29, 0.717) is 6.42 Å². The normalized spacial score (nSPS) is 14.5. The van der Waals surface area contributed by atoms with Gasteiger partial charge in [0.25, 0.3) is 0 Å². The Morgan fingerprint density at radius 2 is 2.07 bits per heavy atom. The molecule has 0 aromatic carbocycles. The largest absolute Gasteiger partial charge is 0.480 e. The van der Waals surface area contributed by atoms with Gasteiger partial charge in [-0.2, -0.15) is 0 Å². The second-order valence-corrected chi connectivity index (χ2v) is 3.31. The van der Waals surface area contributed by atoms with E-state index < -0.39 is 12.0 Å². The van der Waals surface area contributed by atoms with Gasteiger partial charge >= 0.3 is 5.97 Å². The predicted octanol–water partition coefficient (Wildman–Crippen LogP) is -0.0493. The maximum absolute atomic E-state index is 11.1. The predicted molar refractivity (Wildman–Crippen MR) is 52.7 cm³/mol. The number of carbonyl (C=O) groups is 2. The lowest BCUT2D eigenvalue weighted by Gasteiger charge is -2.19. The number of aliphatic carboxylic acids is 1. The number of carboxylic acid groups (broad SMARTS) is 1. The zero-order chi connectivity index (χ0) is 11.1. The number of hydrogen-bond donors (Lipinski definition) is 3. The van der Waals surface area contributed by atoms with Crippen molar-refractivity contribution in [2.45, 2.75) is 32.7 Å². The van der Waals surface area contributed by atoms with Crippen LogP contribution in [0.15, 0.2) is 0 Å². The molecule has 5 heteroatoms. The van der Waals surface area contributed by atoms with Crippen molar-refractivity contribution < 1.29 is 14.7 Å². The van der Waals surface area contributed by atoms with E-state index in [4.69, 9.17) is 10.8 Å². The van der Waals surface area contributed by atoms with E-state index in [9.17, 15) is 9.59 Å². The molecule has 82 valence electrons. The fourth-order valence-electron chi connectivity index (χ4n) is 1.06. The number of carbonyl (C=O) groups excluding carboxylic acids is 1. The summed E-state index contributed by atoms with van der Waals surface area (Å²) in [5.74, 6) is -1.38. The fourth-order valence-corrected chi connectivity index (χ4v) is 1.06. The monoisotopic (exact) mass is 202 g/mol. The summed E-state index contributed by atoms with van der Waals surface area (Å²) in [6.07, 6.45) is 0.875. The third-order valence-electron chi connectivity index (χ3n) is 2.17. The lowest BCUT2D eigenvalue weighted by atomic mass is 9.99. The molecule has 0 aliphatic heterocycles. The highest BCUT2D eigenvalue weighted by atomic mass is 16.4. The van der Waals surface area contributed by atoms with Crippen LogP contribution in [-0.4, -0.2) is 29.6 Å². The van der Waals surface area contributed by atoms with Crippen LogP contribution in [0, 0.1) is 5.92 Å². The van der Waals surface area contributed by atoms with Gasteiger partial charge in [-0.3, -0.25) is 4.79 Å². The number of nitrogens with one attached hydrogen (secondary N) is 1. The van der Waals surface area contributed by atoms with E-state index in [0.717, 1.165) is 0 Å². The molecular formula is C9H18N2O3. The Labute approximate surface area is 83.7 Å². The van der Waals surface area contributed by atoms with Crippen LogP contribution < -0.4 is 11.1 Å². The van der Waals surface area contributed by atoms with Crippen LogP contribution in [0.3, 0.4) is 0 Å². The lowest BCUT2D eigenvalue weighted by Crippen LogP contribution is -2.45. The minimum Gasteiger partial charge on any atom is -0.480 e. The zero-order valence-electron chi connectivity index (χ0n) is 8.62. The third kappa shape index (κ3) is 4.23. The molecule has 5 nitrogen and oxygen atoms in total. The smallest absolute Gasteiger partial charge is 0.326 e. The Morgan fingerprint density at radius 3 is 2.43 bits per heavy atom. The Morgan fingerprint density at radius 1 is 1.50 bits per heavy atom. The molecule has 0 bridgehead atoms. The van der Waals surface area contributed by atoms with Crippen LogP contribution in [0.5, 0.6) is 0 Å². The summed E-state index contributed by atoms with van der Waals surface area (Å²) in [6, 6.07) is -0.806. The van der Waals surface area contributed by atoms with Crippen LogP contribution in [0.25, 0.3) is 0 Å². The SMILES string of the molecule is CC[C@H](C)[C@@H](NC(=O)CCN)C(=O)O. The van der Waals surface area contributed by atoms with Crippen molar-refractivity contribution in [1.82, 2.24) is 5.32 Å². The molecule has 0 unspecified atom stereocenters. The van der Waals surface area contributed by atoms with Crippen molar-refractivity contribution in [2.75, 3.05) is 6.54 Å². The number of carboxylic acids is 1. The van der Waals surface area contributed by atoms with E-state index >= 15 is 0 Å². The van der Waals surface area contributed by atoms with Crippen molar-refractivity contribution in [3.63, 3.8) is 0 Å². The van der Waals surface area contributed by atoms with Crippen LogP contribution in [0.2, 0.25) is 0 Å². The molecule has 1 amide bonds. The third-order valence-corrected chi connectivity index (χ3v) is 2.17. The number of nitrogens with two attached hydrogens (primary N) is 1. The molecule has 0 fully saturated rings. The number of rotatable bonds is 6. The number of amides is 1. The first-order chi connectivity index (χ1) is 6.52. The Balaban J connectivity index is 4.23. The van der Waals surface area contributed by atoms with E-state index in [1.165, 1.54) is 0 Å². The van der Waals surface area contributed by atoms with Crippen LogP contribution >= 0.6 is 0 Å². The van der Waals surface area contributed by atoms with Crippen molar-refractivity contribution in [2.24, 2.45) is 11.7 Å².